The highest BCUT2D eigenvalue weighted by molar-refractivity contribution is 5.95. The van der Waals surface area contributed by atoms with Crippen molar-refractivity contribution in [3.63, 3.8) is 0 Å². The molecular formula is C13H21N5O2. The second kappa shape index (κ2) is 6.51. The summed E-state index contributed by atoms with van der Waals surface area (Å²) < 4.78 is 0. The Kier molecular flexibility index (Phi) is 4.73. The lowest BCUT2D eigenvalue weighted by atomic mass is 9.95. The zero-order chi connectivity index (χ0) is 14.5. The molecule has 1 unspecified atom stereocenters. The number of nitrogens with two attached hydrogens (primary N) is 1. The zero-order valence-electron chi connectivity index (χ0n) is 11.7. The number of aliphatic hydroxyl groups excluding tert-OH is 1. The molecule has 2 rings (SSSR count). The van der Waals surface area contributed by atoms with Gasteiger partial charge in [0.1, 0.15) is 5.69 Å². The lowest BCUT2D eigenvalue weighted by Crippen LogP contribution is -2.37. The minimum atomic E-state index is -0.0133. The summed E-state index contributed by atoms with van der Waals surface area (Å²) in [6.07, 6.45) is 2.98. The molecule has 1 aliphatic rings. The highest BCUT2D eigenvalue weighted by atomic mass is 16.4. The molecule has 0 saturated carbocycles. The average Bonchev–Trinajstić information content (AvgIpc) is 2.46. The highest BCUT2D eigenvalue weighted by Gasteiger charge is 2.22. The van der Waals surface area contributed by atoms with Crippen LogP contribution in [-0.4, -0.2) is 45.8 Å². The van der Waals surface area contributed by atoms with Gasteiger partial charge in [-0.2, -0.15) is 0 Å². The Morgan fingerprint density at radius 2 is 2.35 bits per heavy atom. The van der Waals surface area contributed by atoms with Crippen molar-refractivity contribution in [2.75, 3.05) is 24.6 Å². The number of hydrogen-bond acceptors (Lipinski definition) is 6. The fraction of sp³-hybridized carbons (Fsp3) is 0.615. The van der Waals surface area contributed by atoms with Crippen LogP contribution in [-0.2, 0) is 0 Å². The van der Waals surface area contributed by atoms with E-state index in [0.29, 0.717) is 17.6 Å². The Hall–Kier alpha value is -1.89. The molecule has 110 valence electrons. The Bertz CT molecular complexity index is 490. The number of rotatable bonds is 4. The van der Waals surface area contributed by atoms with E-state index < -0.39 is 0 Å². The van der Waals surface area contributed by atoms with E-state index in [1.54, 1.807) is 6.07 Å². The predicted molar refractivity (Wildman–Crippen MR) is 75.9 cm³/mol. The van der Waals surface area contributed by atoms with E-state index in [-0.39, 0.29) is 12.4 Å². The third-order valence-electron chi connectivity index (χ3n) is 3.55. The minimum Gasteiger partial charge on any atom is -0.409 e. The molecule has 1 saturated heterocycles. The molecule has 4 N–H and O–H groups in total. The van der Waals surface area contributed by atoms with E-state index >= 15 is 0 Å². The monoisotopic (exact) mass is 279 g/mol. The van der Waals surface area contributed by atoms with Gasteiger partial charge in [-0.3, -0.25) is 0 Å². The van der Waals surface area contributed by atoms with Gasteiger partial charge in [0, 0.05) is 25.4 Å². The fourth-order valence-corrected chi connectivity index (χ4v) is 2.54. The van der Waals surface area contributed by atoms with Crippen molar-refractivity contribution in [1.29, 1.82) is 0 Å². The van der Waals surface area contributed by atoms with Gasteiger partial charge in [0.15, 0.2) is 5.84 Å². The molecular weight excluding hydrogens is 258 g/mol. The normalized spacial score (nSPS) is 20.2. The van der Waals surface area contributed by atoms with Crippen LogP contribution in [0.2, 0.25) is 0 Å². The van der Waals surface area contributed by atoms with Crippen LogP contribution < -0.4 is 10.6 Å². The molecule has 20 heavy (non-hydrogen) atoms. The van der Waals surface area contributed by atoms with Crippen molar-refractivity contribution in [3.8, 4) is 0 Å². The van der Waals surface area contributed by atoms with E-state index in [1.807, 2.05) is 6.92 Å². The van der Waals surface area contributed by atoms with E-state index in [9.17, 15) is 0 Å². The highest BCUT2D eigenvalue weighted by Crippen LogP contribution is 2.22. The number of aromatic nitrogens is 2. The van der Waals surface area contributed by atoms with Gasteiger partial charge >= 0.3 is 0 Å². The summed E-state index contributed by atoms with van der Waals surface area (Å²) >= 11 is 0. The van der Waals surface area contributed by atoms with Crippen LogP contribution in [0.5, 0.6) is 0 Å². The number of nitrogens with zero attached hydrogens (tertiary/aromatic N) is 4. The van der Waals surface area contributed by atoms with Crippen LogP contribution in [0, 0.1) is 12.8 Å². The maximum Gasteiger partial charge on any atom is 0.226 e. The van der Waals surface area contributed by atoms with Crippen molar-refractivity contribution in [2.24, 2.45) is 16.8 Å². The molecule has 1 aromatic rings. The standard InChI is InChI=1S/C13H21N5O2/c1-9-7-11(12(14)17-20)16-13(15-9)18-5-2-3-10(8-18)4-6-19/h7,10,19-20H,2-6,8H2,1H3,(H2,14,17). The molecule has 2 heterocycles. The Morgan fingerprint density at radius 1 is 1.55 bits per heavy atom. The molecule has 0 bridgehead atoms. The number of hydrogen-bond donors (Lipinski definition) is 3. The molecule has 1 fully saturated rings. The number of piperidine rings is 1. The van der Waals surface area contributed by atoms with Crippen LogP contribution in [0.1, 0.15) is 30.7 Å². The smallest absolute Gasteiger partial charge is 0.226 e. The summed E-state index contributed by atoms with van der Waals surface area (Å²) in [6, 6.07) is 1.69. The molecule has 7 heteroatoms. The molecule has 1 atom stereocenters. The summed E-state index contributed by atoms with van der Waals surface area (Å²) in [7, 11) is 0. The summed E-state index contributed by atoms with van der Waals surface area (Å²) in [6.45, 7) is 3.79. The number of oxime groups is 1. The van der Waals surface area contributed by atoms with Crippen molar-refractivity contribution in [3.05, 3.63) is 17.5 Å². The third kappa shape index (κ3) is 3.36. The molecule has 0 amide bonds. The summed E-state index contributed by atoms with van der Waals surface area (Å²) in [5, 5.41) is 20.8. The quantitative estimate of drug-likeness (QED) is 0.320. The van der Waals surface area contributed by atoms with Gasteiger partial charge in [0.2, 0.25) is 5.95 Å². The second-order valence-corrected chi connectivity index (χ2v) is 5.15. The zero-order valence-corrected chi connectivity index (χ0v) is 11.7. The van der Waals surface area contributed by atoms with Crippen molar-refractivity contribution in [1.82, 2.24) is 9.97 Å². The fourth-order valence-electron chi connectivity index (χ4n) is 2.54. The van der Waals surface area contributed by atoms with Gasteiger partial charge in [-0.15, -0.1) is 0 Å². The Morgan fingerprint density at radius 3 is 3.05 bits per heavy atom. The topological polar surface area (TPSA) is 108 Å². The van der Waals surface area contributed by atoms with Gasteiger partial charge in [0.05, 0.1) is 0 Å². The first-order valence-corrected chi connectivity index (χ1v) is 6.83. The number of amidine groups is 1. The lowest BCUT2D eigenvalue weighted by Gasteiger charge is -2.32. The largest absolute Gasteiger partial charge is 0.409 e. The van der Waals surface area contributed by atoms with Crippen LogP contribution in [0.3, 0.4) is 0 Å². The summed E-state index contributed by atoms with van der Waals surface area (Å²) in [5.74, 6) is 1.06. The lowest BCUT2D eigenvalue weighted by molar-refractivity contribution is 0.244. The predicted octanol–water partition coefficient (Wildman–Crippen LogP) is 0.478. The Balaban J connectivity index is 2.21. The molecule has 1 aromatic heterocycles. The Labute approximate surface area is 118 Å². The van der Waals surface area contributed by atoms with E-state index in [1.165, 1.54) is 0 Å². The first-order valence-electron chi connectivity index (χ1n) is 6.83. The second-order valence-electron chi connectivity index (χ2n) is 5.15. The van der Waals surface area contributed by atoms with Gasteiger partial charge in [0.25, 0.3) is 0 Å². The van der Waals surface area contributed by atoms with Crippen molar-refractivity contribution in [2.45, 2.75) is 26.2 Å². The number of aryl methyl sites for hydroxylation is 1. The summed E-state index contributed by atoms with van der Waals surface area (Å²) in [5.41, 5.74) is 6.80. The van der Waals surface area contributed by atoms with Gasteiger partial charge in [-0.25, -0.2) is 9.97 Å². The van der Waals surface area contributed by atoms with Crippen LogP contribution in [0.4, 0.5) is 5.95 Å². The number of aliphatic hydroxyl groups is 1. The average molecular weight is 279 g/mol. The van der Waals surface area contributed by atoms with E-state index in [4.69, 9.17) is 16.0 Å². The minimum absolute atomic E-state index is 0.0133. The maximum absolute atomic E-state index is 9.06. The molecule has 7 nitrogen and oxygen atoms in total. The van der Waals surface area contributed by atoms with Gasteiger partial charge in [-0.05, 0) is 38.2 Å². The third-order valence-corrected chi connectivity index (χ3v) is 3.55. The maximum atomic E-state index is 9.06. The number of anilines is 1. The SMILES string of the molecule is Cc1cc(/C(N)=N/O)nc(N2CCCC(CCO)C2)n1. The molecule has 0 aromatic carbocycles. The van der Waals surface area contributed by atoms with E-state index in [2.05, 4.69) is 20.0 Å². The van der Waals surface area contributed by atoms with Crippen molar-refractivity contribution < 1.29 is 10.3 Å². The van der Waals surface area contributed by atoms with E-state index in [0.717, 1.165) is 38.0 Å². The van der Waals surface area contributed by atoms with Gasteiger partial charge < -0.3 is 20.9 Å². The molecule has 0 aliphatic carbocycles. The molecule has 1 aliphatic heterocycles. The summed E-state index contributed by atoms with van der Waals surface area (Å²) in [4.78, 5) is 10.9. The van der Waals surface area contributed by atoms with Crippen LogP contribution in [0.15, 0.2) is 11.2 Å². The van der Waals surface area contributed by atoms with Crippen LogP contribution >= 0.6 is 0 Å². The molecule has 0 spiro atoms. The van der Waals surface area contributed by atoms with Crippen molar-refractivity contribution >= 4 is 11.8 Å². The van der Waals surface area contributed by atoms with Gasteiger partial charge in [-0.1, -0.05) is 5.16 Å². The first kappa shape index (κ1) is 14.5. The first-order chi connectivity index (χ1) is 9.63. The van der Waals surface area contributed by atoms with Crippen LogP contribution in [0.25, 0.3) is 0 Å². The molecule has 0 radical (unpaired) electrons.